The normalized spacial score (nSPS) is 17.2. The minimum absolute atomic E-state index is 0.277. The average molecular weight is 270 g/mol. The van der Waals surface area contributed by atoms with Crippen molar-refractivity contribution in [1.29, 1.82) is 0 Å². The van der Waals surface area contributed by atoms with Crippen molar-refractivity contribution in [1.82, 2.24) is 0 Å². The van der Waals surface area contributed by atoms with Crippen molar-refractivity contribution in [3.63, 3.8) is 0 Å². The highest BCUT2D eigenvalue weighted by atomic mass is 79.9. The molecule has 1 saturated carbocycles. The van der Waals surface area contributed by atoms with Crippen molar-refractivity contribution in [3.05, 3.63) is 34.3 Å². The molecule has 0 amide bonds. The van der Waals surface area contributed by atoms with Gasteiger partial charge in [0.2, 0.25) is 0 Å². The number of carbonyl (C=O) groups is 1. The van der Waals surface area contributed by atoms with Crippen LogP contribution in [0.15, 0.2) is 28.7 Å². The smallest absolute Gasteiger partial charge is 0.326 e. The molecule has 1 fully saturated rings. The van der Waals surface area contributed by atoms with E-state index >= 15 is 0 Å². The van der Waals surface area contributed by atoms with Crippen molar-refractivity contribution in [2.24, 2.45) is 5.73 Å². The Morgan fingerprint density at radius 3 is 2.73 bits per heavy atom. The summed E-state index contributed by atoms with van der Waals surface area (Å²) in [5, 5.41) is 0. The number of rotatable bonds is 3. The number of halogens is 1. The Balaban J connectivity index is 1.93. The third-order valence-electron chi connectivity index (χ3n) is 2.51. The highest BCUT2D eigenvalue weighted by Gasteiger charge is 2.47. The van der Waals surface area contributed by atoms with Crippen LogP contribution in [-0.4, -0.2) is 11.5 Å². The lowest BCUT2D eigenvalue weighted by Crippen LogP contribution is -2.34. The Hall–Kier alpha value is -0.870. The summed E-state index contributed by atoms with van der Waals surface area (Å²) in [6, 6.07) is 7.65. The molecular formula is C11H12BrNO2. The first-order chi connectivity index (χ1) is 7.12. The van der Waals surface area contributed by atoms with Gasteiger partial charge in [-0.05, 0) is 18.9 Å². The highest BCUT2D eigenvalue weighted by Crippen LogP contribution is 2.33. The molecule has 2 rings (SSSR count). The van der Waals surface area contributed by atoms with Crippen molar-refractivity contribution in [3.8, 4) is 0 Å². The summed E-state index contributed by atoms with van der Waals surface area (Å²) in [6.45, 7) is 0.277. The molecule has 1 aromatic carbocycles. The van der Waals surface area contributed by atoms with Gasteiger partial charge in [-0.2, -0.15) is 0 Å². The molecule has 1 aliphatic rings. The molecule has 0 heterocycles. The minimum atomic E-state index is -0.693. The second-order valence-electron chi connectivity index (χ2n) is 3.82. The molecule has 0 saturated heterocycles. The van der Waals surface area contributed by atoms with Gasteiger partial charge in [0.05, 0.1) is 0 Å². The van der Waals surface area contributed by atoms with Crippen LogP contribution in [0.5, 0.6) is 0 Å². The number of benzene rings is 1. The maximum Gasteiger partial charge on any atom is 0.326 e. The molecule has 0 unspecified atom stereocenters. The molecule has 0 bridgehead atoms. The summed E-state index contributed by atoms with van der Waals surface area (Å²) in [5.74, 6) is -0.293. The van der Waals surface area contributed by atoms with Crippen LogP contribution in [0.2, 0.25) is 0 Å². The standard InChI is InChI=1S/C11H12BrNO2/c12-9-4-2-1-3-8(9)7-15-10(14)11(13)5-6-11/h1-4H,5-7,13H2. The summed E-state index contributed by atoms with van der Waals surface area (Å²) >= 11 is 3.39. The zero-order valence-electron chi connectivity index (χ0n) is 8.20. The van der Waals surface area contributed by atoms with Gasteiger partial charge in [0, 0.05) is 10.0 Å². The van der Waals surface area contributed by atoms with Crippen LogP contribution >= 0.6 is 15.9 Å². The predicted molar refractivity (Wildman–Crippen MR) is 60.1 cm³/mol. The van der Waals surface area contributed by atoms with E-state index in [4.69, 9.17) is 10.5 Å². The van der Waals surface area contributed by atoms with Gasteiger partial charge in [-0.25, -0.2) is 0 Å². The Kier molecular flexibility index (Phi) is 2.80. The van der Waals surface area contributed by atoms with Crippen molar-refractivity contribution in [2.75, 3.05) is 0 Å². The summed E-state index contributed by atoms with van der Waals surface area (Å²) in [4.78, 5) is 11.4. The van der Waals surface area contributed by atoms with Crippen LogP contribution in [0, 0.1) is 0 Å². The Labute approximate surface area is 96.7 Å². The molecule has 0 spiro atoms. The molecular weight excluding hydrogens is 258 g/mol. The molecule has 0 radical (unpaired) electrons. The van der Waals surface area contributed by atoms with Crippen molar-refractivity contribution < 1.29 is 9.53 Å². The fourth-order valence-corrected chi connectivity index (χ4v) is 1.64. The highest BCUT2D eigenvalue weighted by molar-refractivity contribution is 9.10. The lowest BCUT2D eigenvalue weighted by atomic mass is 10.2. The molecule has 15 heavy (non-hydrogen) atoms. The SMILES string of the molecule is NC1(C(=O)OCc2ccccc2Br)CC1. The van der Waals surface area contributed by atoms with E-state index in [1.54, 1.807) is 0 Å². The van der Waals surface area contributed by atoms with E-state index in [0.717, 1.165) is 22.9 Å². The van der Waals surface area contributed by atoms with E-state index in [9.17, 15) is 4.79 Å². The summed E-state index contributed by atoms with van der Waals surface area (Å²) in [6.07, 6.45) is 1.48. The number of carbonyl (C=O) groups excluding carboxylic acids is 1. The van der Waals surface area contributed by atoms with Gasteiger partial charge < -0.3 is 10.5 Å². The molecule has 80 valence electrons. The summed E-state index contributed by atoms with van der Waals surface area (Å²) in [7, 11) is 0. The van der Waals surface area contributed by atoms with Crippen LogP contribution in [0.1, 0.15) is 18.4 Å². The second-order valence-corrected chi connectivity index (χ2v) is 4.68. The van der Waals surface area contributed by atoms with Gasteiger partial charge >= 0.3 is 5.97 Å². The van der Waals surface area contributed by atoms with E-state index < -0.39 is 5.54 Å². The van der Waals surface area contributed by atoms with Crippen LogP contribution in [0.3, 0.4) is 0 Å². The molecule has 0 aliphatic heterocycles. The molecule has 0 aromatic heterocycles. The summed E-state index contributed by atoms with van der Waals surface area (Å²) < 4.78 is 6.09. The van der Waals surface area contributed by atoms with Gasteiger partial charge in [-0.15, -0.1) is 0 Å². The maximum atomic E-state index is 11.4. The van der Waals surface area contributed by atoms with Crippen LogP contribution in [-0.2, 0) is 16.1 Å². The first kappa shape index (κ1) is 10.6. The van der Waals surface area contributed by atoms with Crippen molar-refractivity contribution >= 4 is 21.9 Å². The monoisotopic (exact) mass is 269 g/mol. The van der Waals surface area contributed by atoms with E-state index in [0.29, 0.717) is 0 Å². The lowest BCUT2D eigenvalue weighted by molar-refractivity contribution is -0.147. The topological polar surface area (TPSA) is 52.3 Å². The average Bonchev–Trinajstić information content (AvgIpc) is 2.96. The lowest BCUT2D eigenvalue weighted by Gasteiger charge is -2.10. The first-order valence-electron chi connectivity index (χ1n) is 4.81. The molecule has 0 atom stereocenters. The fraction of sp³-hybridized carbons (Fsp3) is 0.364. The quantitative estimate of drug-likeness (QED) is 0.854. The summed E-state index contributed by atoms with van der Waals surface area (Å²) in [5.41, 5.74) is 5.97. The van der Waals surface area contributed by atoms with Gasteiger partial charge in [0.25, 0.3) is 0 Å². The fourth-order valence-electron chi connectivity index (χ4n) is 1.24. The number of ether oxygens (including phenoxy) is 1. The van der Waals surface area contributed by atoms with E-state index in [-0.39, 0.29) is 12.6 Å². The van der Waals surface area contributed by atoms with Gasteiger partial charge in [-0.3, -0.25) is 4.79 Å². The van der Waals surface area contributed by atoms with Crippen molar-refractivity contribution in [2.45, 2.75) is 25.0 Å². The van der Waals surface area contributed by atoms with E-state index in [1.165, 1.54) is 0 Å². The second kappa shape index (κ2) is 3.94. The Bertz CT molecular complexity index is 388. The molecule has 4 heteroatoms. The van der Waals surface area contributed by atoms with Crippen LogP contribution < -0.4 is 5.73 Å². The Morgan fingerprint density at radius 1 is 1.47 bits per heavy atom. The largest absolute Gasteiger partial charge is 0.459 e. The molecule has 2 N–H and O–H groups in total. The Morgan fingerprint density at radius 2 is 2.13 bits per heavy atom. The minimum Gasteiger partial charge on any atom is -0.459 e. The number of esters is 1. The van der Waals surface area contributed by atoms with Crippen LogP contribution in [0.4, 0.5) is 0 Å². The number of hydrogen-bond donors (Lipinski definition) is 1. The van der Waals surface area contributed by atoms with E-state index in [1.807, 2.05) is 24.3 Å². The third-order valence-corrected chi connectivity index (χ3v) is 3.29. The maximum absolute atomic E-state index is 11.4. The zero-order chi connectivity index (χ0) is 10.9. The predicted octanol–water partition coefficient (Wildman–Crippen LogP) is 1.98. The number of nitrogens with two attached hydrogens (primary N) is 1. The third kappa shape index (κ3) is 2.38. The molecule has 3 nitrogen and oxygen atoms in total. The van der Waals surface area contributed by atoms with Gasteiger partial charge in [0.1, 0.15) is 12.1 Å². The molecule has 1 aromatic rings. The number of hydrogen-bond acceptors (Lipinski definition) is 3. The first-order valence-corrected chi connectivity index (χ1v) is 5.61. The van der Waals surface area contributed by atoms with Gasteiger partial charge in [-0.1, -0.05) is 34.1 Å². The molecule has 1 aliphatic carbocycles. The zero-order valence-corrected chi connectivity index (χ0v) is 9.79. The van der Waals surface area contributed by atoms with Gasteiger partial charge in [0.15, 0.2) is 0 Å². The van der Waals surface area contributed by atoms with Crippen LogP contribution in [0.25, 0.3) is 0 Å². The van der Waals surface area contributed by atoms with E-state index in [2.05, 4.69) is 15.9 Å².